The first-order valence-corrected chi connectivity index (χ1v) is 7.20. The van der Waals surface area contributed by atoms with Crippen molar-refractivity contribution in [1.82, 2.24) is 14.8 Å². The predicted molar refractivity (Wildman–Crippen MR) is 79.3 cm³/mol. The third-order valence-electron chi connectivity index (χ3n) is 3.33. The van der Waals surface area contributed by atoms with E-state index < -0.39 is 0 Å². The van der Waals surface area contributed by atoms with Gasteiger partial charge in [0.2, 0.25) is 0 Å². The Hall–Kier alpha value is -1.68. The van der Waals surface area contributed by atoms with Crippen molar-refractivity contribution in [3.63, 3.8) is 0 Å². The molecule has 1 aromatic heterocycles. The number of hydrogen-bond acceptors (Lipinski definition) is 3. The summed E-state index contributed by atoms with van der Waals surface area (Å²) in [5, 5.41) is 13.9. The van der Waals surface area contributed by atoms with Crippen LogP contribution in [0.2, 0.25) is 0 Å². The van der Waals surface area contributed by atoms with Crippen LogP contribution < -0.4 is 0 Å². The topological polar surface area (TPSA) is 50.9 Å². The van der Waals surface area contributed by atoms with Crippen LogP contribution in [0.1, 0.15) is 25.2 Å². The van der Waals surface area contributed by atoms with Crippen molar-refractivity contribution >= 4 is 0 Å². The quantitative estimate of drug-likeness (QED) is 0.842. The molecule has 1 atom stereocenters. The van der Waals surface area contributed by atoms with E-state index >= 15 is 0 Å². The zero-order chi connectivity index (χ0) is 14.4. The first-order chi connectivity index (χ1) is 9.69. The lowest BCUT2D eigenvalue weighted by Gasteiger charge is -2.15. The molecule has 0 aliphatic heterocycles. The Bertz CT molecular complexity index is 507. The molecule has 4 heteroatoms. The van der Waals surface area contributed by atoms with Crippen molar-refractivity contribution in [1.29, 1.82) is 0 Å². The lowest BCUT2D eigenvalue weighted by Crippen LogP contribution is -2.18. The van der Waals surface area contributed by atoms with Gasteiger partial charge in [-0.3, -0.25) is 0 Å². The number of aromatic nitrogens is 3. The minimum atomic E-state index is 0.170. The molecule has 20 heavy (non-hydrogen) atoms. The highest BCUT2D eigenvalue weighted by Crippen LogP contribution is 2.14. The molecule has 1 unspecified atom stereocenters. The molecule has 0 amide bonds. The van der Waals surface area contributed by atoms with Crippen LogP contribution >= 0.6 is 0 Å². The van der Waals surface area contributed by atoms with Crippen LogP contribution in [0.4, 0.5) is 0 Å². The molecular weight excluding hydrogens is 250 g/mol. The van der Waals surface area contributed by atoms with Gasteiger partial charge in [0.1, 0.15) is 12.2 Å². The predicted octanol–water partition coefficient (Wildman–Crippen LogP) is 2.33. The molecule has 2 rings (SSSR count). The van der Waals surface area contributed by atoms with Crippen molar-refractivity contribution in [2.75, 3.05) is 6.61 Å². The van der Waals surface area contributed by atoms with Crippen molar-refractivity contribution in [2.24, 2.45) is 11.8 Å². The van der Waals surface area contributed by atoms with Gasteiger partial charge in [0, 0.05) is 19.6 Å². The lowest BCUT2D eigenvalue weighted by molar-refractivity contribution is 0.221. The van der Waals surface area contributed by atoms with E-state index in [0.29, 0.717) is 5.92 Å². The van der Waals surface area contributed by atoms with E-state index in [9.17, 15) is 5.11 Å². The summed E-state index contributed by atoms with van der Waals surface area (Å²) >= 11 is 0. The smallest absolute Gasteiger partial charge is 0.138 e. The minimum absolute atomic E-state index is 0.170. The summed E-state index contributed by atoms with van der Waals surface area (Å²) < 4.78 is 1.96. The summed E-state index contributed by atoms with van der Waals surface area (Å²) in [7, 11) is 0. The Morgan fingerprint density at radius 2 is 1.90 bits per heavy atom. The molecular formula is C16H23N3O. The molecule has 0 radical (unpaired) electrons. The minimum Gasteiger partial charge on any atom is -0.396 e. The van der Waals surface area contributed by atoms with E-state index in [4.69, 9.17) is 0 Å². The molecule has 108 valence electrons. The maximum atomic E-state index is 9.60. The average Bonchev–Trinajstić information content (AvgIpc) is 2.85. The SMILES string of the molecule is CC(C)Cn1ncnc1CC(CO)Cc1ccccc1. The molecule has 0 saturated heterocycles. The molecule has 0 bridgehead atoms. The van der Waals surface area contributed by atoms with Crippen LogP contribution in [0.15, 0.2) is 36.7 Å². The van der Waals surface area contributed by atoms with E-state index in [1.54, 1.807) is 6.33 Å². The first-order valence-electron chi connectivity index (χ1n) is 7.20. The Labute approximate surface area is 120 Å². The van der Waals surface area contributed by atoms with Crippen molar-refractivity contribution in [3.8, 4) is 0 Å². The van der Waals surface area contributed by atoms with E-state index in [0.717, 1.165) is 25.2 Å². The molecule has 0 saturated carbocycles. The van der Waals surface area contributed by atoms with Crippen LogP contribution in [0.5, 0.6) is 0 Å². The van der Waals surface area contributed by atoms with Gasteiger partial charge >= 0.3 is 0 Å². The van der Waals surface area contributed by atoms with Gasteiger partial charge in [0.15, 0.2) is 0 Å². The summed E-state index contributed by atoms with van der Waals surface area (Å²) in [6.45, 7) is 5.38. The normalized spacial score (nSPS) is 12.8. The van der Waals surface area contributed by atoms with Gasteiger partial charge in [-0.05, 0) is 23.8 Å². The number of nitrogens with zero attached hydrogens (tertiary/aromatic N) is 3. The molecule has 0 aliphatic carbocycles. The molecule has 1 heterocycles. The first kappa shape index (κ1) is 14.7. The monoisotopic (exact) mass is 273 g/mol. The van der Waals surface area contributed by atoms with Gasteiger partial charge in [0.25, 0.3) is 0 Å². The zero-order valence-corrected chi connectivity index (χ0v) is 12.2. The molecule has 4 nitrogen and oxygen atoms in total. The van der Waals surface area contributed by atoms with Crippen molar-refractivity contribution in [2.45, 2.75) is 33.2 Å². The number of hydrogen-bond donors (Lipinski definition) is 1. The van der Waals surface area contributed by atoms with Gasteiger partial charge in [-0.1, -0.05) is 44.2 Å². The highest BCUT2D eigenvalue weighted by atomic mass is 16.3. The van der Waals surface area contributed by atoms with Gasteiger partial charge < -0.3 is 5.11 Å². The Balaban J connectivity index is 2.01. The van der Waals surface area contributed by atoms with Gasteiger partial charge in [-0.2, -0.15) is 5.10 Å². The Morgan fingerprint density at radius 1 is 1.15 bits per heavy atom. The fourth-order valence-corrected chi connectivity index (χ4v) is 2.35. The Kier molecular flexibility index (Phi) is 5.30. The second kappa shape index (κ2) is 7.20. The molecule has 2 aromatic rings. The van der Waals surface area contributed by atoms with Gasteiger partial charge in [0.05, 0.1) is 0 Å². The van der Waals surface area contributed by atoms with Crippen molar-refractivity contribution in [3.05, 3.63) is 48.0 Å². The fourth-order valence-electron chi connectivity index (χ4n) is 2.35. The summed E-state index contributed by atoms with van der Waals surface area (Å²) in [4.78, 5) is 4.34. The lowest BCUT2D eigenvalue weighted by atomic mass is 9.96. The van der Waals surface area contributed by atoms with Crippen LogP contribution in [-0.2, 0) is 19.4 Å². The summed E-state index contributed by atoms with van der Waals surface area (Å²) in [6, 6.07) is 10.3. The standard InChI is InChI=1S/C16H23N3O/c1-13(2)10-19-16(17-12-18-19)9-15(11-20)8-14-6-4-3-5-7-14/h3-7,12-13,15,20H,8-11H2,1-2H3. The largest absolute Gasteiger partial charge is 0.396 e. The highest BCUT2D eigenvalue weighted by Gasteiger charge is 2.14. The zero-order valence-electron chi connectivity index (χ0n) is 12.2. The maximum absolute atomic E-state index is 9.60. The average molecular weight is 273 g/mol. The maximum Gasteiger partial charge on any atom is 0.138 e. The third-order valence-corrected chi connectivity index (χ3v) is 3.33. The van der Waals surface area contributed by atoms with E-state index in [1.165, 1.54) is 5.56 Å². The molecule has 0 spiro atoms. The molecule has 1 N–H and O–H groups in total. The number of aliphatic hydroxyl groups excluding tert-OH is 1. The number of benzene rings is 1. The number of rotatable bonds is 7. The van der Waals surface area contributed by atoms with Gasteiger partial charge in [-0.25, -0.2) is 9.67 Å². The van der Waals surface area contributed by atoms with Crippen LogP contribution in [-0.4, -0.2) is 26.5 Å². The number of aliphatic hydroxyl groups is 1. The van der Waals surface area contributed by atoms with E-state index in [1.807, 2.05) is 22.9 Å². The summed E-state index contributed by atoms with van der Waals surface area (Å²) in [5.41, 5.74) is 1.25. The molecule has 0 aliphatic rings. The van der Waals surface area contributed by atoms with Crippen LogP contribution in [0.25, 0.3) is 0 Å². The highest BCUT2D eigenvalue weighted by molar-refractivity contribution is 5.15. The van der Waals surface area contributed by atoms with Crippen LogP contribution in [0, 0.1) is 11.8 Å². The molecule has 0 fully saturated rings. The fraction of sp³-hybridized carbons (Fsp3) is 0.500. The van der Waals surface area contributed by atoms with E-state index in [2.05, 4.69) is 36.1 Å². The van der Waals surface area contributed by atoms with Crippen molar-refractivity contribution < 1.29 is 5.11 Å². The van der Waals surface area contributed by atoms with Gasteiger partial charge in [-0.15, -0.1) is 0 Å². The van der Waals surface area contributed by atoms with E-state index in [-0.39, 0.29) is 12.5 Å². The van der Waals surface area contributed by atoms with Crippen LogP contribution in [0.3, 0.4) is 0 Å². The molecule has 1 aromatic carbocycles. The second-order valence-electron chi connectivity index (χ2n) is 5.69. The third kappa shape index (κ3) is 4.17. The summed E-state index contributed by atoms with van der Waals surface area (Å²) in [5.74, 6) is 1.69. The second-order valence-corrected chi connectivity index (χ2v) is 5.69. The Morgan fingerprint density at radius 3 is 2.55 bits per heavy atom. The summed E-state index contributed by atoms with van der Waals surface area (Å²) in [6.07, 6.45) is 3.23.